The Labute approximate surface area is 122 Å². The number of ether oxygens (including phenoxy) is 1. The molecular weight excluding hydrogens is 277 g/mol. The monoisotopic (exact) mass is 299 g/mol. The number of hydrogen-bond acceptors (Lipinski definition) is 3. The summed E-state index contributed by atoms with van der Waals surface area (Å²) in [5.74, 6) is 0.381. The summed E-state index contributed by atoms with van der Waals surface area (Å²) >= 11 is 0. The van der Waals surface area contributed by atoms with E-state index in [4.69, 9.17) is 4.74 Å². The van der Waals surface area contributed by atoms with Gasteiger partial charge in [0.2, 0.25) is 0 Å². The van der Waals surface area contributed by atoms with Crippen molar-refractivity contribution in [2.75, 3.05) is 19.4 Å². The molecule has 1 aromatic rings. The molecule has 0 saturated heterocycles. The second kappa shape index (κ2) is 7.18. The van der Waals surface area contributed by atoms with E-state index in [1.54, 1.807) is 12.3 Å². The van der Waals surface area contributed by atoms with Crippen LogP contribution in [0.1, 0.15) is 37.8 Å². The van der Waals surface area contributed by atoms with Crippen molar-refractivity contribution in [3.63, 3.8) is 0 Å². The minimum Gasteiger partial charge on any atom is -0.493 e. The van der Waals surface area contributed by atoms with Crippen molar-refractivity contribution in [1.29, 1.82) is 0 Å². The minimum absolute atomic E-state index is 0.186. The Morgan fingerprint density at radius 2 is 2.35 bits per heavy atom. The van der Waals surface area contributed by atoms with Crippen LogP contribution in [0.3, 0.4) is 0 Å². The van der Waals surface area contributed by atoms with Gasteiger partial charge in [0.05, 0.1) is 6.61 Å². The quantitative estimate of drug-likeness (QED) is 0.908. The van der Waals surface area contributed by atoms with Gasteiger partial charge in [-0.05, 0) is 31.9 Å². The van der Waals surface area contributed by atoms with Gasteiger partial charge in [0, 0.05) is 40.0 Å². The fourth-order valence-electron chi connectivity index (χ4n) is 2.38. The van der Waals surface area contributed by atoms with Crippen molar-refractivity contribution in [1.82, 2.24) is 5.32 Å². The first-order valence-corrected chi connectivity index (χ1v) is 8.68. The van der Waals surface area contributed by atoms with Gasteiger partial charge in [-0.1, -0.05) is 13.0 Å². The standard InChI is InChI=1S/C15H22FNO2S/c1-11(20(2)18)7-8-17-14-4-3-9-19-15-10-12(16)5-6-13(14)15/h5-6,10-11,14,17H,3-4,7-9H2,1-2H3/t11-,14+,20-/m1/s1. The molecule has 20 heavy (non-hydrogen) atoms. The second-order valence-electron chi connectivity index (χ2n) is 5.28. The summed E-state index contributed by atoms with van der Waals surface area (Å²) in [4.78, 5) is 0. The molecule has 1 aromatic carbocycles. The van der Waals surface area contributed by atoms with E-state index in [0.29, 0.717) is 12.4 Å². The lowest BCUT2D eigenvalue weighted by Crippen LogP contribution is -2.25. The molecular formula is C15H22FNO2S. The Hall–Kier alpha value is -0.940. The highest BCUT2D eigenvalue weighted by Gasteiger charge is 2.20. The van der Waals surface area contributed by atoms with Crippen LogP contribution < -0.4 is 10.1 Å². The lowest BCUT2D eigenvalue weighted by molar-refractivity contribution is 0.313. The first-order valence-electron chi connectivity index (χ1n) is 7.06. The van der Waals surface area contributed by atoms with E-state index in [2.05, 4.69) is 5.32 Å². The molecule has 1 N–H and O–H groups in total. The van der Waals surface area contributed by atoms with Crippen LogP contribution in [-0.4, -0.2) is 28.9 Å². The van der Waals surface area contributed by atoms with Crippen LogP contribution in [0, 0.1) is 5.82 Å². The zero-order valence-corrected chi connectivity index (χ0v) is 12.8. The maximum atomic E-state index is 13.3. The van der Waals surface area contributed by atoms with Crippen LogP contribution in [-0.2, 0) is 10.8 Å². The van der Waals surface area contributed by atoms with E-state index >= 15 is 0 Å². The van der Waals surface area contributed by atoms with Crippen LogP contribution in [0.2, 0.25) is 0 Å². The molecule has 0 aliphatic carbocycles. The van der Waals surface area contributed by atoms with Gasteiger partial charge in [-0.3, -0.25) is 4.21 Å². The van der Waals surface area contributed by atoms with Crippen LogP contribution in [0.5, 0.6) is 5.75 Å². The van der Waals surface area contributed by atoms with Crippen molar-refractivity contribution >= 4 is 10.8 Å². The summed E-state index contributed by atoms with van der Waals surface area (Å²) in [6.07, 6.45) is 4.53. The number of nitrogens with one attached hydrogen (secondary N) is 1. The molecule has 2 rings (SSSR count). The van der Waals surface area contributed by atoms with Gasteiger partial charge in [0.15, 0.2) is 0 Å². The molecule has 5 heteroatoms. The first-order chi connectivity index (χ1) is 9.58. The highest BCUT2D eigenvalue weighted by atomic mass is 32.2. The third-order valence-electron chi connectivity index (χ3n) is 3.75. The molecule has 0 radical (unpaired) electrons. The summed E-state index contributed by atoms with van der Waals surface area (Å²) in [7, 11) is -0.783. The molecule has 0 amide bonds. The van der Waals surface area contributed by atoms with Crippen LogP contribution in [0.25, 0.3) is 0 Å². The molecule has 0 unspecified atom stereocenters. The lowest BCUT2D eigenvalue weighted by Gasteiger charge is -2.19. The third-order valence-corrected chi connectivity index (χ3v) is 5.12. The predicted octanol–water partition coefficient (Wildman–Crippen LogP) is 2.79. The topological polar surface area (TPSA) is 38.3 Å². The fraction of sp³-hybridized carbons (Fsp3) is 0.600. The molecule has 1 aliphatic heterocycles. The third kappa shape index (κ3) is 4.03. The Kier molecular flexibility index (Phi) is 5.54. The summed E-state index contributed by atoms with van der Waals surface area (Å²) in [6.45, 7) is 3.43. The van der Waals surface area contributed by atoms with Gasteiger partial charge in [-0.15, -0.1) is 0 Å². The van der Waals surface area contributed by atoms with Crippen LogP contribution >= 0.6 is 0 Å². The molecule has 0 spiro atoms. The summed E-state index contributed by atoms with van der Waals surface area (Å²) in [6, 6.07) is 4.92. The van der Waals surface area contributed by atoms with Crippen molar-refractivity contribution in [3.8, 4) is 5.75 Å². The minimum atomic E-state index is -0.783. The Morgan fingerprint density at radius 3 is 3.10 bits per heavy atom. The molecule has 3 nitrogen and oxygen atoms in total. The van der Waals surface area contributed by atoms with Crippen molar-refractivity contribution in [2.24, 2.45) is 0 Å². The Morgan fingerprint density at radius 1 is 1.55 bits per heavy atom. The van der Waals surface area contributed by atoms with Gasteiger partial charge in [0.25, 0.3) is 0 Å². The largest absolute Gasteiger partial charge is 0.493 e. The maximum absolute atomic E-state index is 13.3. The van der Waals surface area contributed by atoms with Crippen LogP contribution in [0.4, 0.5) is 4.39 Å². The van der Waals surface area contributed by atoms with Crippen molar-refractivity contribution in [2.45, 2.75) is 37.5 Å². The summed E-state index contributed by atoms with van der Waals surface area (Å²) in [5, 5.41) is 3.68. The number of halogens is 1. The van der Waals surface area contributed by atoms with Gasteiger partial charge in [0.1, 0.15) is 11.6 Å². The zero-order valence-electron chi connectivity index (χ0n) is 12.0. The molecule has 1 aliphatic rings. The lowest BCUT2D eigenvalue weighted by atomic mass is 10.0. The first kappa shape index (κ1) is 15.4. The predicted molar refractivity (Wildman–Crippen MR) is 80.0 cm³/mol. The Bertz CT molecular complexity index is 481. The van der Waals surface area contributed by atoms with Crippen LogP contribution in [0.15, 0.2) is 18.2 Å². The van der Waals surface area contributed by atoms with Gasteiger partial charge < -0.3 is 10.1 Å². The van der Waals surface area contributed by atoms with Gasteiger partial charge in [-0.25, -0.2) is 4.39 Å². The van der Waals surface area contributed by atoms with E-state index in [9.17, 15) is 8.60 Å². The molecule has 0 aromatic heterocycles. The number of benzene rings is 1. The average Bonchev–Trinajstić information content (AvgIpc) is 2.60. The normalized spacial score (nSPS) is 21.4. The van der Waals surface area contributed by atoms with Gasteiger partial charge in [-0.2, -0.15) is 0 Å². The highest BCUT2D eigenvalue weighted by Crippen LogP contribution is 2.32. The number of rotatable bonds is 5. The zero-order chi connectivity index (χ0) is 14.5. The molecule has 3 atom stereocenters. The summed E-state index contributed by atoms with van der Waals surface area (Å²) < 4.78 is 30.2. The highest BCUT2D eigenvalue weighted by molar-refractivity contribution is 7.84. The molecule has 0 saturated carbocycles. The smallest absolute Gasteiger partial charge is 0.126 e. The molecule has 0 fully saturated rings. The number of hydrogen-bond donors (Lipinski definition) is 1. The number of fused-ring (bicyclic) bond motifs is 1. The fourth-order valence-corrected chi connectivity index (χ4v) is 2.83. The molecule has 1 heterocycles. The van der Waals surface area contributed by atoms with Crippen molar-refractivity contribution < 1.29 is 13.3 Å². The Balaban J connectivity index is 2.00. The van der Waals surface area contributed by atoms with E-state index in [1.165, 1.54) is 12.1 Å². The van der Waals surface area contributed by atoms with E-state index in [1.807, 2.05) is 6.92 Å². The van der Waals surface area contributed by atoms with Gasteiger partial charge >= 0.3 is 0 Å². The summed E-state index contributed by atoms with van der Waals surface area (Å²) in [5.41, 5.74) is 1.02. The van der Waals surface area contributed by atoms with E-state index in [0.717, 1.165) is 31.4 Å². The second-order valence-corrected chi connectivity index (χ2v) is 7.08. The SMILES string of the molecule is C[C@H](CCN[C@H]1CCCOc2cc(F)ccc21)[S@@](C)=O. The molecule has 0 bridgehead atoms. The molecule has 112 valence electrons. The van der Waals surface area contributed by atoms with E-state index in [-0.39, 0.29) is 17.1 Å². The average molecular weight is 299 g/mol. The maximum Gasteiger partial charge on any atom is 0.126 e. The van der Waals surface area contributed by atoms with Crippen molar-refractivity contribution in [3.05, 3.63) is 29.6 Å². The van der Waals surface area contributed by atoms with E-state index < -0.39 is 10.8 Å².